The maximum absolute atomic E-state index is 14.0. The van der Waals surface area contributed by atoms with Gasteiger partial charge in [0.2, 0.25) is 11.8 Å². The molecule has 2 bridgehead atoms. The molecule has 1 fully saturated rings. The highest BCUT2D eigenvalue weighted by Gasteiger charge is 2.67. The molecule has 3 aliphatic carbocycles. The van der Waals surface area contributed by atoms with Crippen LogP contribution in [0.15, 0.2) is 72.8 Å². The number of nitrogens with zero attached hydrogens (tertiary/aromatic N) is 2. The Morgan fingerprint density at radius 3 is 2.06 bits per heavy atom. The average molecular weight is 425 g/mol. The van der Waals surface area contributed by atoms with Gasteiger partial charge in [0.05, 0.1) is 23.2 Å². The van der Waals surface area contributed by atoms with Crippen LogP contribution in [0.3, 0.4) is 0 Å². The van der Waals surface area contributed by atoms with Gasteiger partial charge >= 0.3 is 0 Å². The fraction of sp³-hybridized carbons (Fsp3) is 0.231. The summed E-state index contributed by atoms with van der Waals surface area (Å²) in [7, 11) is 0. The molecule has 1 saturated heterocycles. The number of rotatable bonds is 3. The van der Waals surface area contributed by atoms with Crippen molar-refractivity contribution in [3.8, 4) is 0 Å². The second-order valence-electron chi connectivity index (χ2n) is 8.75. The molecule has 6 nitrogen and oxygen atoms in total. The van der Waals surface area contributed by atoms with E-state index in [9.17, 15) is 20.0 Å². The number of imide groups is 1. The van der Waals surface area contributed by atoms with Crippen molar-refractivity contribution in [3.63, 3.8) is 0 Å². The Labute approximate surface area is 185 Å². The van der Waals surface area contributed by atoms with Crippen LogP contribution < -0.4 is 10.1 Å². The first-order valence-electron chi connectivity index (χ1n) is 10.8. The molecule has 1 heterocycles. The minimum atomic E-state index is -0.626. The molecule has 1 N–H and O–H groups in total. The van der Waals surface area contributed by atoms with E-state index in [2.05, 4.69) is 31.2 Å². The topological polar surface area (TPSA) is 83.9 Å². The van der Waals surface area contributed by atoms with E-state index < -0.39 is 17.3 Å². The van der Waals surface area contributed by atoms with Crippen molar-refractivity contribution < 1.29 is 14.8 Å². The SMILES string of the molecule is CCC12c3ccccc3C(c3ccccc31)[C@@H]1C(=O)N(c3ccccc3N([O-])O)C(=O)[C@H]12. The molecule has 32 heavy (non-hydrogen) atoms. The number of para-hydroxylation sites is 2. The zero-order chi connectivity index (χ0) is 22.2. The number of carbonyl (C=O) groups excluding carboxylic acids is 2. The van der Waals surface area contributed by atoms with Crippen LogP contribution in [0.1, 0.15) is 41.5 Å². The van der Waals surface area contributed by atoms with Gasteiger partial charge in [-0.3, -0.25) is 14.8 Å². The van der Waals surface area contributed by atoms with E-state index in [4.69, 9.17) is 0 Å². The Morgan fingerprint density at radius 1 is 0.906 bits per heavy atom. The fourth-order valence-electron chi connectivity index (χ4n) is 6.58. The zero-order valence-corrected chi connectivity index (χ0v) is 17.4. The summed E-state index contributed by atoms with van der Waals surface area (Å²) in [6, 6.07) is 22.4. The molecule has 0 unspecified atom stereocenters. The van der Waals surface area contributed by atoms with Crippen LogP contribution in [0.2, 0.25) is 0 Å². The molecule has 6 heteroatoms. The van der Waals surface area contributed by atoms with Crippen molar-refractivity contribution in [2.24, 2.45) is 11.8 Å². The third kappa shape index (κ3) is 2.11. The van der Waals surface area contributed by atoms with Crippen LogP contribution in [-0.4, -0.2) is 17.0 Å². The lowest BCUT2D eigenvalue weighted by atomic mass is 9.46. The number of amides is 2. The second-order valence-corrected chi connectivity index (χ2v) is 8.75. The van der Waals surface area contributed by atoms with E-state index in [0.29, 0.717) is 6.42 Å². The molecule has 0 saturated carbocycles. The molecule has 2 atom stereocenters. The van der Waals surface area contributed by atoms with Crippen LogP contribution in [0.5, 0.6) is 0 Å². The highest BCUT2D eigenvalue weighted by molar-refractivity contribution is 6.25. The summed E-state index contributed by atoms with van der Waals surface area (Å²) in [5.41, 5.74) is 3.78. The number of benzene rings is 3. The van der Waals surface area contributed by atoms with Crippen LogP contribution >= 0.6 is 0 Å². The Kier molecular flexibility index (Phi) is 3.91. The molecule has 0 aromatic heterocycles. The van der Waals surface area contributed by atoms with E-state index in [1.807, 2.05) is 24.3 Å². The molecule has 160 valence electrons. The van der Waals surface area contributed by atoms with Crippen LogP contribution in [0.25, 0.3) is 0 Å². The first-order chi connectivity index (χ1) is 15.5. The summed E-state index contributed by atoms with van der Waals surface area (Å²) in [6.07, 6.45) is 0.664. The summed E-state index contributed by atoms with van der Waals surface area (Å²) < 4.78 is 0. The average Bonchev–Trinajstić information content (AvgIpc) is 3.09. The normalized spacial score (nSPS) is 27.2. The molecular formula is C26H21N2O4-. The van der Waals surface area contributed by atoms with E-state index >= 15 is 0 Å². The fourth-order valence-corrected chi connectivity index (χ4v) is 6.58. The Bertz CT molecular complexity index is 1240. The summed E-state index contributed by atoms with van der Waals surface area (Å²) in [5.74, 6) is -1.99. The van der Waals surface area contributed by atoms with E-state index in [1.165, 1.54) is 12.1 Å². The highest BCUT2D eigenvalue weighted by atomic mass is 16.8. The zero-order valence-electron chi connectivity index (χ0n) is 17.4. The lowest BCUT2D eigenvalue weighted by Gasteiger charge is -2.54. The third-order valence-electron chi connectivity index (χ3n) is 7.68. The van der Waals surface area contributed by atoms with Gasteiger partial charge in [0.25, 0.3) is 0 Å². The number of carbonyl (C=O) groups is 2. The Balaban J connectivity index is 1.63. The van der Waals surface area contributed by atoms with Crippen molar-refractivity contribution in [1.29, 1.82) is 0 Å². The number of anilines is 2. The van der Waals surface area contributed by atoms with Crippen LogP contribution in [0.4, 0.5) is 11.4 Å². The van der Waals surface area contributed by atoms with Gasteiger partial charge in [0.15, 0.2) is 0 Å². The predicted molar refractivity (Wildman–Crippen MR) is 119 cm³/mol. The minimum absolute atomic E-state index is 0.119. The second kappa shape index (κ2) is 6.51. The van der Waals surface area contributed by atoms with Crippen molar-refractivity contribution in [2.45, 2.75) is 24.7 Å². The van der Waals surface area contributed by atoms with Gasteiger partial charge in [-0.25, -0.2) is 4.90 Å². The number of hydrogen-bond donors (Lipinski definition) is 1. The van der Waals surface area contributed by atoms with Crippen molar-refractivity contribution in [3.05, 3.63) is 100 Å². The summed E-state index contributed by atoms with van der Waals surface area (Å²) in [4.78, 5) is 29.0. The van der Waals surface area contributed by atoms with Crippen LogP contribution in [-0.2, 0) is 15.0 Å². The minimum Gasteiger partial charge on any atom is -0.733 e. The van der Waals surface area contributed by atoms with Crippen molar-refractivity contribution >= 4 is 23.2 Å². The third-order valence-corrected chi connectivity index (χ3v) is 7.68. The highest BCUT2D eigenvalue weighted by Crippen LogP contribution is 2.65. The lowest BCUT2D eigenvalue weighted by molar-refractivity contribution is -0.123. The van der Waals surface area contributed by atoms with Crippen LogP contribution in [0, 0.1) is 17.0 Å². The maximum Gasteiger partial charge on any atom is 0.239 e. The molecule has 3 aromatic carbocycles. The van der Waals surface area contributed by atoms with Gasteiger partial charge in [0.1, 0.15) is 0 Å². The summed E-state index contributed by atoms with van der Waals surface area (Å²) in [5, 5.41) is 21.1. The first-order valence-corrected chi connectivity index (χ1v) is 10.8. The van der Waals surface area contributed by atoms with E-state index in [0.717, 1.165) is 27.2 Å². The largest absolute Gasteiger partial charge is 0.733 e. The van der Waals surface area contributed by atoms with E-state index in [-0.39, 0.29) is 34.3 Å². The number of hydrogen-bond acceptors (Lipinski definition) is 5. The quantitative estimate of drug-likeness (QED) is 0.499. The Hall–Kier alpha value is -3.48. The molecule has 2 amide bonds. The molecule has 3 aromatic rings. The van der Waals surface area contributed by atoms with Gasteiger partial charge in [0, 0.05) is 11.3 Å². The monoisotopic (exact) mass is 425 g/mol. The van der Waals surface area contributed by atoms with E-state index in [1.54, 1.807) is 12.1 Å². The predicted octanol–water partition coefficient (Wildman–Crippen LogP) is 4.34. The summed E-state index contributed by atoms with van der Waals surface area (Å²) in [6.45, 7) is 2.07. The van der Waals surface area contributed by atoms with Gasteiger partial charge in [-0.15, -0.1) is 0 Å². The van der Waals surface area contributed by atoms with Gasteiger partial charge in [-0.2, -0.15) is 0 Å². The maximum atomic E-state index is 14.0. The molecule has 4 aliphatic rings. The smallest absolute Gasteiger partial charge is 0.239 e. The van der Waals surface area contributed by atoms with Gasteiger partial charge < -0.3 is 10.4 Å². The summed E-state index contributed by atoms with van der Waals surface area (Å²) >= 11 is 0. The lowest BCUT2D eigenvalue weighted by Crippen LogP contribution is -2.53. The molecular weight excluding hydrogens is 404 g/mol. The van der Waals surface area contributed by atoms with Gasteiger partial charge in [-0.1, -0.05) is 67.6 Å². The van der Waals surface area contributed by atoms with Crippen molar-refractivity contribution in [2.75, 3.05) is 10.1 Å². The molecule has 7 rings (SSSR count). The standard InChI is InChI=1S/C26H21N2O4/c1-2-26-17-11-5-3-9-15(17)21(16-10-4-6-12-18(16)26)22-23(26)25(30)27(24(22)29)19-13-7-8-14-20(19)28(31)32/h3-14,21-23,31H,2H2,1H3/q-1/t21?,22-,23-,26?/m0/s1. The van der Waals surface area contributed by atoms with Crippen molar-refractivity contribution in [1.82, 2.24) is 0 Å². The molecule has 1 aliphatic heterocycles. The van der Waals surface area contributed by atoms with Gasteiger partial charge in [-0.05, 0) is 40.8 Å². The molecule has 0 spiro atoms. The Morgan fingerprint density at radius 2 is 1.47 bits per heavy atom. The first kappa shape index (κ1) is 19.2. The molecule has 0 radical (unpaired) electrons.